The van der Waals surface area contributed by atoms with Crippen molar-refractivity contribution < 1.29 is 9.47 Å². The molecule has 0 spiro atoms. The smallest absolute Gasteiger partial charge is 0.0615 e. The molecule has 0 amide bonds. The largest absolute Gasteiger partial charge is 0.383 e. The van der Waals surface area contributed by atoms with Crippen LogP contribution in [0.2, 0.25) is 0 Å². The quantitative estimate of drug-likeness (QED) is 0.615. The van der Waals surface area contributed by atoms with Crippen molar-refractivity contribution >= 4 is 0 Å². The topological polar surface area (TPSA) is 56.5 Å². The average molecular weight is 216 g/mol. The number of ether oxygens (including phenoxy) is 2. The van der Waals surface area contributed by atoms with E-state index in [2.05, 4.69) is 12.2 Å². The Labute approximate surface area is 92.5 Å². The molecule has 0 aromatic heterocycles. The summed E-state index contributed by atoms with van der Waals surface area (Å²) in [6, 6.07) is 0.427. The molecule has 3 N–H and O–H groups in total. The number of hydrogen-bond acceptors (Lipinski definition) is 4. The molecule has 0 radical (unpaired) electrons. The molecule has 0 aromatic rings. The van der Waals surface area contributed by atoms with Crippen molar-refractivity contribution in [3.8, 4) is 0 Å². The summed E-state index contributed by atoms with van der Waals surface area (Å²) in [4.78, 5) is 0. The molecule has 1 unspecified atom stereocenters. The molecular formula is C11H24N2O2. The molecule has 0 bridgehead atoms. The highest BCUT2D eigenvalue weighted by atomic mass is 16.5. The summed E-state index contributed by atoms with van der Waals surface area (Å²) in [6.07, 6.45) is 2.13. The minimum absolute atomic E-state index is 0.328. The Morgan fingerprint density at radius 3 is 2.73 bits per heavy atom. The summed E-state index contributed by atoms with van der Waals surface area (Å²) < 4.78 is 10.4. The highest BCUT2D eigenvalue weighted by Gasteiger charge is 2.33. The van der Waals surface area contributed by atoms with Crippen LogP contribution in [0.25, 0.3) is 0 Å². The molecule has 0 aliphatic carbocycles. The third-order valence-electron chi connectivity index (χ3n) is 2.84. The van der Waals surface area contributed by atoms with Crippen LogP contribution in [0.3, 0.4) is 0 Å². The highest BCUT2D eigenvalue weighted by Crippen LogP contribution is 2.25. The number of hydrogen-bond donors (Lipinski definition) is 2. The normalized spacial score (nSPS) is 21.0. The molecule has 90 valence electrons. The van der Waals surface area contributed by atoms with Gasteiger partial charge in [-0.15, -0.1) is 0 Å². The zero-order chi connectivity index (χ0) is 11.1. The molecule has 4 heteroatoms. The van der Waals surface area contributed by atoms with Crippen LogP contribution < -0.4 is 11.1 Å². The fraction of sp³-hybridized carbons (Fsp3) is 1.00. The van der Waals surface area contributed by atoms with Crippen molar-refractivity contribution in [2.45, 2.75) is 25.8 Å². The van der Waals surface area contributed by atoms with Crippen LogP contribution in [-0.4, -0.2) is 46.1 Å². The van der Waals surface area contributed by atoms with Crippen LogP contribution in [0.5, 0.6) is 0 Å². The lowest BCUT2D eigenvalue weighted by atomic mass is 9.88. The molecule has 1 atom stereocenters. The van der Waals surface area contributed by atoms with E-state index in [0.717, 1.165) is 45.8 Å². The second-order valence-corrected chi connectivity index (χ2v) is 4.77. The Hall–Kier alpha value is -0.160. The van der Waals surface area contributed by atoms with Crippen molar-refractivity contribution in [3.05, 3.63) is 0 Å². The fourth-order valence-corrected chi connectivity index (χ4v) is 1.75. The first-order valence-corrected chi connectivity index (χ1v) is 5.70. The molecule has 15 heavy (non-hydrogen) atoms. The molecule has 0 saturated carbocycles. The van der Waals surface area contributed by atoms with E-state index in [0.29, 0.717) is 11.5 Å². The third kappa shape index (κ3) is 4.47. The van der Waals surface area contributed by atoms with E-state index in [1.165, 1.54) is 0 Å². The van der Waals surface area contributed by atoms with Crippen LogP contribution in [0.1, 0.15) is 19.8 Å². The SMILES string of the molecule is COCC(CCCN)NCC1(C)COC1. The van der Waals surface area contributed by atoms with E-state index in [4.69, 9.17) is 15.2 Å². The van der Waals surface area contributed by atoms with E-state index in [1.54, 1.807) is 7.11 Å². The predicted octanol–water partition coefficient (Wildman–Crippen LogP) is 0.366. The summed E-state index contributed by atoms with van der Waals surface area (Å²) in [5.41, 5.74) is 5.83. The molecule has 1 fully saturated rings. The van der Waals surface area contributed by atoms with Gasteiger partial charge in [-0.3, -0.25) is 0 Å². The van der Waals surface area contributed by atoms with Gasteiger partial charge in [0.1, 0.15) is 0 Å². The lowest BCUT2D eigenvalue weighted by molar-refractivity contribution is -0.101. The van der Waals surface area contributed by atoms with Gasteiger partial charge in [-0.05, 0) is 19.4 Å². The average Bonchev–Trinajstić information content (AvgIpc) is 2.19. The van der Waals surface area contributed by atoms with Gasteiger partial charge in [-0.25, -0.2) is 0 Å². The fourth-order valence-electron chi connectivity index (χ4n) is 1.75. The maximum atomic E-state index is 5.50. The predicted molar refractivity (Wildman–Crippen MR) is 60.9 cm³/mol. The van der Waals surface area contributed by atoms with Gasteiger partial charge in [0, 0.05) is 25.1 Å². The zero-order valence-corrected chi connectivity index (χ0v) is 9.92. The second kappa shape index (κ2) is 6.43. The Balaban J connectivity index is 2.17. The molecule has 1 aliphatic rings. The zero-order valence-electron chi connectivity index (χ0n) is 9.92. The van der Waals surface area contributed by atoms with Crippen molar-refractivity contribution in [1.82, 2.24) is 5.32 Å². The summed E-state index contributed by atoms with van der Waals surface area (Å²) in [6.45, 7) is 6.51. The molecular weight excluding hydrogens is 192 g/mol. The van der Waals surface area contributed by atoms with Crippen molar-refractivity contribution in [1.29, 1.82) is 0 Å². The molecule has 1 rings (SSSR count). The van der Waals surface area contributed by atoms with Gasteiger partial charge in [-0.2, -0.15) is 0 Å². The lowest BCUT2D eigenvalue weighted by Crippen LogP contribution is -2.50. The van der Waals surface area contributed by atoms with E-state index in [-0.39, 0.29) is 0 Å². The number of nitrogens with two attached hydrogens (primary N) is 1. The summed E-state index contributed by atoms with van der Waals surface area (Å²) in [5.74, 6) is 0. The van der Waals surface area contributed by atoms with Crippen LogP contribution in [0.15, 0.2) is 0 Å². The van der Waals surface area contributed by atoms with Gasteiger partial charge < -0.3 is 20.5 Å². The van der Waals surface area contributed by atoms with Gasteiger partial charge >= 0.3 is 0 Å². The summed E-state index contributed by atoms with van der Waals surface area (Å²) in [5, 5.41) is 3.54. The Morgan fingerprint density at radius 1 is 1.53 bits per heavy atom. The molecule has 1 aliphatic heterocycles. The molecule has 4 nitrogen and oxygen atoms in total. The lowest BCUT2D eigenvalue weighted by Gasteiger charge is -2.39. The highest BCUT2D eigenvalue weighted by molar-refractivity contribution is 4.84. The maximum absolute atomic E-state index is 5.50. The molecule has 1 heterocycles. The van der Waals surface area contributed by atoms with E-state index in [9.17, 15) is 0 Å². The van der Waals surface area contributed by atoms with Gasteiger partial charge in [-0.1, -0.05) is 6.92 Å². The third-order valence-corrected chi connectivity index (χ3v) is 2.84. The number of nitrogens with one attached hydrogen (secondary N) is 1. The van der Waals surface area contributed by atoms with Gasteiger partial charge in [0.05, 0.1) is 19.8 Å². The van der Waals surface area contributed by atoms with Crippen LogP contribution >= 0.6 is 0 Å². The van der Waals surface area contributed by atoms with Crippen LogP contribution in [0.4, 0.5) is 0 Å². The summed E-state index contributed by atoms with van der Waals surface area (Å²) >= 11 is 0. The summed E-state index contributed by atoms with van der Waals surface area (Å²) in [7, 11) is 1.74. The van der Waals surface area contributed by atoms with E-state index >= 15 is 0 Å². The van der Waals surface area contributed by atoms with Crippen LogP contribution in [-0.2, 0) is 9.47 Å². The van der Waals surface area contributed by atoms with Crippen LogP contribution in [0, 0.1) is 5.41 Å². The van der Waals surface area contributed by atoms with Crippen molar-refractivity contribution in [2.24, 2.45) is 11.1 Å². The van der Waals surface area contributed by atoms with Crippen molar-refractivity contribution in [2.75, 3.05) is 40.0 Å². The first-order chi connectivity index (χ1) is 7.20. The Kier molecular flexibility index (Phi) is 5.53. The Morgan fingerprint density at radius 2 is 2.27 bits per heavy atom. The minimum atomic E-state index is 0.328. The van der Waals surface area contributed by atoms with Crippen molar-refractivity contribution in [3.63, 3.8) is 0 Å². The van der Waals surface area contributed by atoms with E-state index in [1.807, 2.05) is 0 Å². The first-order valence-electron chi connectivity index (χ1n) is 5.70. The van der Waals surface area contributed by atoms with Gasteiger partial charge in [0.25, 0.3) is 0 Å². The second-order valence-electron chi connectivity index (χ2n) is 4.77. The molecule has 1 saturated heterocycles. The number of rotatable bonds is 8. The van der Waals surface area contributed by atoms with Gasteiger partial charge in [0.2, 0.25) is 0 Å². The molecule has 0 aromatic carbocycles. The van der Waals surface area contributed by atoms with E-state index < -0.39 is 0 Å². The monoisotopic (exact) mass is 216 g/mol. The standard InChI is InChI=1S/C11H24N2O2/c1-11(8-15-9-11)7-13-10(6-14-2)4-3-5-12/h10,13H,3-9,12H2,1-2H3. The minimum Gasteiger partial charge on any atom is -0.383 e. The maximum Gasteiger partial charge on any atom is 0.0615 e. The Bertz CT molecular complexity index is 172. The number of methoxy groups -OCH3 is 1. The first kappa shape index (κ1) is 12.9. The van der Waals surface area contributed by atoms with Gasteiger partial charge in [0.15, 0.2) is 0 Å².